The molecular weight excluding hydrogens is 270 g/mol. The van der Waals surface area contributed by atoms with Gasteiger partial charge in [0.15, 0.2) is 0 Å². The Hall–Kier alpha value is -2.82. The molecule has 0 unspecified atom stereocenters. The molecule has 1 amide bonds. The second-order valence-electron chi connectivity index (χ2n) is 4.32. The highest BCUT2D eigenvalue weighted by molar-refractivity contribution is 6.09. The highest BCUT2D eigenvalue weighted by atomic mass is 16.5. The van der Waals surface area contributed by atoms with Crippen LogP contribution in [0.1, 0.15) is 10.4 Å². The number of carbonyl (C=O) groups excluding carboxylic acids is 1. The summed E-state index contributed by atoms with van der Waals surface area (Å²) in [6.45, 7) is -0.416. The molecule has 0 bridgehead atoms. The fourth-order valence-corrected chi connectivity index (χ4v) is 1.99. The number of carboxylic acids is 1. The SMILES string of the molecule is COc1ccccc1C(=O)N(CC(=O)O)c1ccccc1. The number of rotatable bonds is 5. The third-order valence-corrected chi connectivity index (χ3v) is 2.94. The molecule has 0 atom stereocenters. The maximum Gasteiger partial charge on any atom is 0.323 e. The van der Waals surface area contributed by atoms with E-state index in [1.807, 2.05) is 0 Å². The molecule has 0 saturated heterocycles. The van der Waals surface area contributed by atoms with Crippen molar-refractivity contribution in [3.05, 3.63) is 60.2 Å². The van der Waals surface area contributed by atoms with Gasteiger partial charge in [0.2, 0.25) is 0 Å². The Bertz CT molecular complexity index is 640. The monoisotopic (exact) mass is 285 g/mol. The quantitative estimate of drug-likeness (QED) is 0.916. The molecule has 2 aromatic carbocycles. The average Bonchev–Trinajstić information content (AvgIpc) is 2.52. The highest BCUT2D eigenvalue weighted by Crippen LogP contribution is 2.23. The van der Waals surface area contributed by atoms with Crippen LogP contribution in [0.5, 0.6) is 5.75 Å². The zero-order chi connectivity index (χ0) is 15.2. The molecule has 21 heavy (non-hydrogen) atoms. The lowest BCUT2D eigenvalue weighted by atomic mass is 10.1. The van der Waals surface area contributed by atoms with Crippen molar-refractivity contribution in [3.63, 3.8) is 0 Å². The normalized spacial score (nSPS) is 9.95. The van der Waals surface area contributed by atoms with Gasteiger partial charge in [-0.2, -0.15) is 0 Å². The van der Waals surface area contributed by atoms with Gasteiger partial charge in [-0.1, -0.05) is 30.3 Å². The number of aliphatic carboxylic acids is 1. The van der Waals surface area contributed by atoms with E-state index in [2.05, 4.69) is 0 Å². The Kier molecular flexibility index (Phi) is 4.56. The minimum Gasteiger partial charge on any atom is -0.496 e. The number of para-hydroxylation sites is 2. The summed E-state index contributed by atoms with van der Waals surface area (Å²) < 4.78 is 5.16. The second kappa shape index (κ2) is 6.56. The molecule has 108 valence electrons. The molecule has 0 aliphatic heterocycles. The molecule has 5 heteroatoms. The summed E-state index contributed by atoms with van der Waals surface area (Å²) in [4.78, 5) is 24.9. The molecule has 0 saturated carbocycles. The van der Waals surface area contributed by atoms with Crippen LogP contribution < -0.4 is 9.64 Å². The first-order chi connectivity index (χ1) is 10.1. The zero-order valence-electron chi connectivity index (χ0n) is 11.5. The Balaban J connectivity index is 2.41. The van der Waals surface area contributed by atoms with E-state index in [-0.39, 0.29) is 0 Å². The molecule has 0 spiro atoms. The maximum atomic E-state index is 12.6. The summed E-state index contributed by atoms with van der Waals surface area (Å²) in [6, 6.07) is 15.4. The predicted molar refractivity (Wildman–Crippen MR) is 78.7 cm³/mol. The summed E-state index contributed by atoms with van der Waals surface area (Å²) in [7, 11) is 1.47. The Morgan fingerprint density at radius 3 is 2.29 bits per heavy atom. The van der Waals surface area contributed by atoms with Crippen molar-refractivity contribution in [1.29, 1.82) is 0 Å². The lowest BCUT2D eigenvalue weighted by Crippen LogP contribution is -2.35. The van der Waals surface area contributed by atoms with E-state index in [9.17, 15) is 9.59 Å². The molecule has 0 heterocycles. The third kappa shape index (κ3) is 3.39. The van der Waals surface area contributed by atoms with Gasteiger partial charge in [0.25, 0.3) is 5.91 Å². The van der Waals surface area contributed by atoms with E-state index in [0.29, 0.717) is 17.0 Å². The summed E-state index contributed by atoms with van der Waals surface area (Å²) >= 11 is 0. The van der Waals surface area contributed by atoms with Crippen LogP contribution in [0.4, 0.5) is 5.69 Å². The van der Waals surface area contributed by atoms with Gasteiger partial charge in [0, 0.05) is 5.69 Å². The zero-order valence-corrected chi connectivity index (χ0v) is 11.5. The highest BCUT2D eigenvalue weighted by Gasteiger charge is 2.22. The van der Waals surface area contributed by atoms with Gasteiger partial charge in [-0.05, 0) is 24.3 Å². The number of carbonyl (C=O) groups is 2. The van der Waals surface area contributed by atoms with Crippen LogP contribution in [0.15, 0.2) is 54.6 Å². The molecule has 1 N–H and O–H groups in total. The lowest BCUT2D eigenvalue weighted by molar-refractivity contribution is -0.135. The molecule has 0 aliphatic carbocycles. The van der Waals surface area contributed by atoms with Gasteiger partial charge >= 0.3 is 5.97 Å². The van der Waals surface area contributed by atoms with E-state index in [0.717, 1.165) is 0 Å². The molecule has 0 fully saturated rings. The van der Waals surface area contributed by atoms with Gasteiger partial charge in [-0.25, -0.2) is 0 Å². The molecule has 0 radical (unpaired) electrons. The minimum absolute atomic E-state index is 0.324. The van der Waals surface area contributed by atoms with Gasteiger partial charge in [-0.15, -0.1) is 0 Å². The standard InChI is InChI=1S/C16H15NO4/c1-21-14-10-6-5-9-13(14)16(20)17(11-15(18)19)12-7-3-2-4-8-12/h2-10H,11H2,1H3,(H,18,19). The first kappa shape index (κ1) is 14.6. The Morgan fingerprint density at radius 1 is 1.05 bits per heavy atom. The Labute approximate surface area is 122 Å². The summed E-state index contributed by atoms with van der Waals surface area (Å²) in [5.41, 5.74) is 0.848. The van der Waals surface area contributed by atoms with E-state index in [1.165, 1.54) is 12.0 Å². The van der Waals surface area contributed by atoms with Crippen LogP contribution in [-0.4, -0.2) is 30.6 Å². The van der Waals surface area contributed by atoms with Gasteiger partial charge in [0.05, 0.1) is 12.7 Å². The van der Waals surface area contributed by atoms with E-state index >= 15 is 0 Å². The third-order valence-electron chi connectivity index (χ3n) is 2.94. The Morgan fingerprint density at radius 2 is 1.67 bits per heavy atom. The molecule has 0 aromatic heterocycles. The number of nitrogens with zero attached hydrogens (tertiary/aromatic N) is 1. The van der Waals surface area contributed by atoms with Crippen molar-refractivity contribution in [2.24, 2.45) is 0 Å². The molecule has 2 rings (SSSR count). The van der Waals surface area contributed by atoms with E-state index in [4.69, 9.17) is 9.84 Å². The van der Waals surface area contributed by atoms with Crippen LogP contribution in [0.2, 0.25) is 0 Å². The van der Waals surface area contributed by atoms with Gasteiger partial charge < -0.3 is 9.84 Å². The van der Waals surface area contributed by atoms with Gasteiger partial charge in [-0.3, -0.25) is 14.5 Å². The minimum atomic E-state index is -1.08. The van der Waals surface area contributed by atoms with Crippen LogP contribution in [0, 0.1) is 0 Å². The summed E-state index contributed by atoms with van der Waals surface area (Å²) in [5, 5.41) is 9.04. The smallest absolute Gasteiger partial charge is 0.323 e. The first-order valence-electron chi connectivity index (χ1n) is 6.35. The maximum absolute atomic E-state index is 12.6. The van der Waals surface area contributed by atoms with Crippen molar-refractivity contribution in [1.82, 2.24) is 0 Å². The van der Waals surface area contributed by atoms with Crippen LogP contribution in [0.3, 0.4) is 0 Å². The largest absolute Gasteiger partial charge is 0.496 e. The topological polar surface area (TPSA) is 66.8 Å². The fourth-order valence-electron chi connectivity index (χ4n) is 1.99. The number of hydrogen-bond donors (Lipinski definition) is 1. The fraction of sp³-hybridized carbons (Fsp3) is 0.125. The molecule has 0 aliphatic rings. The van der Waals surface area contributed by atoms with Crippen molar-refractivity contribution in [2.75, 3.05) is 18.6 Å². The number of amides is 1. The van der Waals surface area contributed by atoms with Crippen molar-refractivity contribution < 1.29 is 19.4 Å². The van der Waals surface area contributed by atoms with Crippen molar-refractivity contribution in [3.8, 4) is 5.75 Å². The van der Waals surface area contributed by atoms with E-state index in [1.54, 1.807) is 54.6 Å². The first-order valence-corrected chi connectivity index (χ1v) is 6.35. The lowest BCUT2D eigenvalue weighted by Gasteiger charge is -2.21. The van der Waals surface area contributed by atoms with Crippen LogP contribution in [0.25, 0.3) is 0 Å². The molecule has 2 aromatic rings. The molecule has 5 nitrogen and oxygen atoms in total. The van der Waals surface area contributed by atoms with E-state index < -0.39 is 18.4 Å². The van der Waals surface area contributed by atoms with Crippen LogP contribution >= 0.6 is 0 Å². The predicted octanol–water partition coefficient (Wildman–Crippen LogP) is 2.43. The van der Waals surface area contributed by atoms with Gasteiger partial charge in [0.1, 0.15) is 12.3 Å². The number of methoxy groups -OCH3 is 1. The summed E-state index contributed by atoms with van der Waals surface area (Å²) in [5.74, 6) is -1.09. The van der Waals surface area contributed by atoms with Crippen molar-refractivity contribution in [2.45, 2.75) is 0 Å². The van der Waals surface area contributed by atoms with Crippen LogP contribution in [-0.2, 0) is 4.79 Å². The number of ether oxygens (including phenoxy) is 1. The van der Waals surface area contributed by atoms with Crippen molar-refractivity contribution >= 4 is 17.6 Å². The molecular formula is C16H15NO4. The average molecular weight is 285 g/mol. The second-order valence-corrected chi connectivity index (χ2v) is 4.32. The number of carboxylic acid groups (broad SMARTS) is 1. The number of benzene rings is 2. The number of hydrogen-bond acceptors (Lipinski definition) is 3. The number of anilines is 1. The summed E-state index contributed by atoms with van der Waals surface area (Å²) in [6.07, 6.45) is 0.